The van der Waals surface area contributed by atoms with Crippen molar-refractivity contribution < 1.29 is 18.7 Å². The van der Waals surface area contributed by atoms with Crippen LogP contribution in [0.1, 0.15) is 10.4 Å². The van der Waals surface area contributed by atoms with Crippen molar-refractivity contribution in [1.82, 2.24) is 5.32 Å². The van der Waals surface area contributed by atoms with Gasteiger partial charge in [-0.15, -0.1) is 0 Å². The molecule has 6 nitrogen and oxygen atoms in total. The summed E-state index contributed by atoms with van der Waals surface area (Å²) in [5, 5.41) is 3.39. The Bertz CT molecular complexity index is 994. The van der Waals surface area contributed by atoms with Crippen LogP contribution in [0.4, 0.5) is 0 Å². The Hall–Kier alpha value is -3.28. The van der Waals surface area contributed by atoms with Crippen LogP contribution in [-0.2, 0) is 0 Å². The molecule has 0 aliphatic carbocycles. The summed E-state index contributed by atoms with van der Waals surface area (Å²) in [7, 11) is 0. The SMILES string of the molecule is O=C(NC[C@@H]1COc2ccccc2O1)c1cc2ccccc2oc1=O. The number of para-hydroxylation sites is 3. The Kier molecular flexibility index (Phi) is 3.85. The summed E-state index contributed by atoms with van der Waals surface area (Å²) in [5.41, 5.74) is -0.247. The summed E-state index contributed by atoms with van der Waals surface area (Å²) < 4.78 is 16.6. The zero-order valence-corrected chi connectivity index (χ0v) is 13.2. The number of amides is 1. The number of rotatable bonds is 3. The van der Waals surface area contributed by atoms with Crippen LogP contribution in [0, 0.1) is 0 Å². The Morgan fingerprint density at radius 1 is 1.08 bits per heavy atom. The minimum Gasteiger partial charge on any atom is -0.486 e. The molecule has 0 unspecified atom stereocenters. The van der Waals surface area contributed by atoms with Crippen molar-refractivity contribution in [3.8, 4) is 11.5 Å². The van der Waals surface area contributed by atoms with E-state index in [4.69, 9.17) is 13.9 Å². The van der Waals surface area contributed by atoms with Gasteiger partial charge < -0.3 is 19.2 Å². The summed E-state index contributed by atoms with van der Waals surface area (Å²) in [6, 6.07) is 15.9. The third-order valence-corrected chi connectivity index (χ3v) is 3.94. The highest BCUT2D eigenvalue weighted by atomic mass is 16.6. The maximum absolute atomic E-state index is 12.3. The molecule has 25 heavy (non-hydrogen) atoms. The molecular weight excluding hydrogens is 322 g/mol. The molecule has 1 amide bonds. The Morgan fingerprint density at radius 2 is 1.84 bits per heavy atom. The molecule has 3 aromatic rings. The van der Waals surface area contributed by atoms with Gasteiger partial charge in [0, 0.05) is 5.39 Å². The molecule has 126 valence electrons. The summed E-state index contributed by atoms with van der Waals surface area (Å²) in [4.78, 5) is 24.3. The van der Waals surface area contributed by atoms with Gasteiger partial charge in [-0.05, 0) is 24.3 Å². The zero-order valence-electron chi connectivity index (χ0n) is 13.2. The first-order valence-electron chi connectivity index (χ1n) is 7.90. The van der Waals surface area contributed by atoms with E-state index in [1.807, 2.05) is 24.3 Å². The van der Waals surface area contributed by atoms with Gasteiger partial charge in [-0.2, -0.15) is 0 Å². The van der Waals surface area contributed by atoms with Crippen LogP contribution in [0.25, 0.3) is 11.0 Å². The number of ether oxygens (including phenoxy) is 2. The minimum atomic E-state index is -0.664. The van der Waals surface area contributed by atoms with E-state index >= 15 is 0 Å². The van der Waals surface area contributed by atoms with Gasteiger partial charge in [-0.1, -0.05) is 30.3 Å². The molecule has 1 N–H and O–H groups in total. The smallest absolute Gasteiger partial charge is 0.349 e. The summed E-state index contributed by atoms with van der Waals surface area (Å²) >= 11 is 0. The van der Waals surface area contributed by atoms with Gasteiger partial charge in [0.2, 0.25) is 0 Å². The van der Waals surface area contributed by atoms with Crippen molar-refractivity contribution in [2.75, 3.05) is 13.2 Å². The largest absolute Gasteiger partial charge is 0.486 e. The number of hydrogen-bond donors (Lipinski definition) is 1. The molecule has 1 aliphatic heterocycles. The molecule has 0 radical (unpaired) electrons. The topological polar surface area (TPSA) is 77.8 Å². The molecule has 0 bridgehead atoms. The number of carbonyl (C=O) groups is 1. The lowest BCUT2D eigenvalue weighted by molar-refractivity contribution is 0.0787. The van der Waals surface area contributed by atoms with Crippen LogP contribution in [0.2, 0.25) is 0 Å². The van der Waals surface area contributed by atoms with Crippen molar-refractivity contribution in [1.29, 1.82) is 0 Å². The van der Waals surface area contributed by atoms with Gasteiger partial charge in [0.15, 0.2) is 11.5 Å². The molecule has 0 saturated heterocycles. The third-order valence-electron chi connectivity index (χ3n) is 3.94. The normalized spacial score (nSPS) is 15.8. The molecule has 1 aromatic heterocycles. The van der Waals surface area contributed by atoms with Gasteiger partial charge >= 0.3 is 5.63 Å². The predicted octanol–water partition coefficient (Wildman–Crippen LogP) is 2.36. The van der Waals surface area contributed by atoms with Gasteiger partial charge in [-0.25, -0.2) is 4.79 Å². The molecule has 6 heteroatoms. The fourth-order valence-electron chi connectivity index (χ4n) is 2.69. The molecule has 2 heterocycles. The van der Waals surface area contributed by atoms with E-state index in [2.05, 4.69) is 5.32 Å². The highest BCUT2D eigenvalue weighted by molar-refractivity contribution is 5.96. The summed E-state index contributed by atoms with van der Waals surface area (Å²) in [5.74, 6) is 0.820. The molecule has 1 aliphatic rings. The second-order valence-corrected chi connectivity index (χ2v) is 5.69. The second kappa shape index (κ2) is 6.32. The fraction of sp³-hybridized carbons (Fsp3) is 0.158. The van der Waals surface area contributed by atoms with Crippen molar-refractivity contribution in [2.24, 2.45) is 0 Å². The van der Waals surface area contributed by atoms with Gasteiger partial charge in [0.1, 0.15) is 23.9 Å². The molecule has 4 rings (SSSR count). The van der Waals surface area contributed by atoms with E-state index in [9.17, 15) is 9.59 Å². The summed E-state index contributed by atoms with van der Waals surface area (Å²) in [6.45, 7) is 0.545. The van der Waals surface area contributed by atoms with Gasteiger partial charge in [0.25, 0.3) is 5.91 Å². The number of benzene rings is 2. The number of hydrogen-bond acceptors (Lipinski definition) is 5. The van der Waals surface area contributed by atoms with E-state index in [0.717, 1.165) is 0 Å². The van der Waals surface area contributed by atoms with Crippen molar-refractivity contribution in [2.45, 2.75) is 6.10 Å². The van der Waals surface area contributed by atoms with Crippen LogP contribution in [0.5, 0.6) is 11.5 Å². The quantitative estimate of drug-likeness (QED) is 0.743. The van der Waals surface area contributed by atoms with Crippen LogP contribution >= 0.6 is 0 Å². The standard InChI is InChI=1S/C19H15NO5/c21-18(14-9-12-5-1-2-6-15(12)25-19(14)22)20-10-13-11-23-16-7-3-4-8-17(16)24-13/h1-9,13H,10-11H2,(H,20,21)/t13-/m1/s1. The van der Waals surface area contributed by atoms with E-state index in [0.29, 0.717) is 29.1 Å². The lowest BCUT2D eigenvalue weighted by atomic mass is 10.2. The molecule has 0 spiro atoms. The maximum atomic E-state index is 12.3. The lowest BCUT2D eigenvalue weighted by Crippen LogP contribution is -2.41. The van der Waals surface area contributed by atoms with Crippen LogP contribution in [-0.4, -0.2) is 25.2 Å². The van der Waals surface area contributed by atoms with E-state index in [1.54, 1.807) is 24.3 Å². The lowest BCUT2D eigenvalue weighted by Gasteiger charge is -2.26. The van der Waals surface area contributed by atoms with Crippen molar-refractivity contribution in [3.63, 3.8) is 0 Å². The molecule has 2 aromatic carbocycles. The summed E-state index contributed by atoms with van der Waals surface area (Å²) in [6.07, 6.45) is -0.327. The monoisotopic (exact) mass is 337 g/mol. The number of nitrogens with one attached hydrogen (secondary N) is 1. The second-order valence-electron chi connectivity index (χ2n) is 5.69. The van der Waals surface area contributed by atoms with Crippen LogP contribution in [0.3, 0.4) is 0 Å². The Morgan fingerprint density at radius 3 is 2.72 bits per heavy atom. The van der Waals surface area contributed by atoms with Crippen LogP contribution < -0.4 is 20.4 Å². The van der Waals surface area contributed by atoms with Crippen LogP contribution in [0.15, 0.2) is 63.8 Å². The molecule has 0 fully saturated rings. The minimum absolute atomic E-state index is 0.0316. The number of fused-ring (bicyclic) bond motifs is 2. The number of carbonyl (C=O) groups excluding carboxylic acids is 1. The average Bonchev–Trinajstić information content (AvgIpc) is 2.65. The highest BCUT2D eigenvalue weighted by Gasteiger charge is 2.22. The van der Waals surface area contributed by atoms with E-state index in [-0.39, 0.29) is 18.2 Å². The average molecular weight is 337 g/mol. The maximum Gasteiger partial charge on any atom is 0.349 e. The predicted molar refractivity (Wildman–Crippen MR) is 91.2 cm³/mol. The Labute approximate surface area is 143 Å². The molecule has 0 saturated carbocycles. The highest BCUT2D eigenvalue weighted by Crippen LogP contribution is 2.30. The molecular formula is C19H15NO5. The zero-order chi connectivity index (χ0) is 17.2. The first-order valence-corrected chi connectivity index (χ1v) is 7.90. The van der Waals surface area contributed by atoms with Gasteiger partial charge in [-0.3, -0.25) is 4.79 Å². The van der Waals surface area contributed by atoms with E-state index in [1.165, 1.54) is 6.07 Å². The molecule has 1 atom stereocenters. The van der Waals surface area contributed by atoms with Crippen molar-refractivity contribution in [3.05, 3.63) is 70.6 Å². The van der Waals surface area contributed by atoms with Crippen molar-refractivity contribution >= 4 is 16.9 Å². The first-order chi connectivity index (χ1) is 12.2. The Balaban J connectivity index is 1.46. The van der Waals surface area contributed by atoms with Gasteiger partial charge in [0.05, 0.1) is 6.54 Å². The fourth-order valence-corrected chi connectivity index (χ4v) is 2.69. The first kappa shape index (κ1) is 15.3. The van der Waals surface area contributed by atoms with E-state index < -0.39 is 11.5 Å². The third kappa shape index (κ3) is 3.06.